The van der Waals surface area contributed by atoms with Gasteiger partial charge in [0.1, 0.15) is 5.60 Å². The molecule has 22 heavy (non-hydrogen) atoms. The first-order valence-corrected chi connectivity index (χ1v) is 9.93. The monoisotopic (exact) mass is 328 g/mol. The summed E-state index contributed by atoms with van der Waals surface area (Å²) in [5.74, 6) is 0. The molecule has 1 amide bonds. The normalized spacial score (nSPS) is 32.7. The van der Waals surface area contributed by atoms with E-state index in [1.165, 1.54) is 19.3 Å². The van der Waals surface area contributed by atoms with Gasteiger partial charge in [-0.1, -0.05) is 0 Å². The van der Waals surface area contributed by atoms with E-state index >= 15 is 0 Å². The third-order valence-corrected chi connectivity index (χ3v) is 5.73. The Hall–Kier alpha value is -0.420. The molecule has 0 aliphatic heterocycles. The van der Waals surface area contributed by atoms with Crippen LogP contribution in [0.25, 0.3) is 0 Å². The lowest BCUT2D eigenvalue weighted by molar-refractivity contribution is 0.0489. The van der Waals surface area contributed by atoms with E-state index in [0.29, 0.717) is 12.1 Å². The van der Waals surface area contributed by atoms with Gasteiger partial charge in [-0.05, 0) is 72.0 Å². The molecule has 2 atom stereocenters. The Morgan fingerprint density at radius 3 is 2.14 bits per heavy atom. The maximum atomic E-state index is 11.8. The van der Waals surface area contributed by atoms with Gasteiger partial charge in [-0.2, -0.15) is 11.8 Å². The Balaban J connectivity index is 1.64. The number of alkyl carbamates (subject to hydrolysis) is 1. The predicted octanol–water partition coefficient (Wildman–Crippen LogP) is 3.70. The molecule has 0 heterocycles. The summed E-state index contributed by atoms with van der Waals surface area (Å²) in [4.78, 5) is 11.8. The van der Waals surface area contributed by atoms with E-state index in [0.717, 1.165) is 30.9 Å². The Kier molecular flexibility index (Phi) is 6.45. The van der Waals surface area contributed by atoms with Gasteiger partial charge in [-0.3, -0.25) is 0 Å². The van der Waals surface area contributed by atoms with E-state index in [1.54, 1.807) is 0 Å². The molecule has 4 nitrogen and oxygen atoms in total. The average molecular weight is 329 g/mol. The molecule has 2 unspecified atom stereocenters. The number of ether oxygens (including phenoxy) is 1. The minimum absolute atomic E-state index is 0.274. The topological polar surface area (TPSA) is 50.4 Å². The Morgan fingerprint density at radius 2 is 1.59 bits per heavy atom. The largest absolute Gasteiger partial charge is 0.444 e. The van der Waals surface area contributed by atoms with Crippen molar-refractivity contribution in [2.45, 2.75) is 94.7 Å². The Labute approximate surface area is 139 Å². The molecule has 5 heteroatoms. The van der Waals surface area contributed by atoms with E-state index in [4.69, 9.17) is 4.74 Å². The lowest BCUT2D eigenvalue weighted by atomic mass is 9.90. The van der Waals surface area contributed by atoms with Crippen LogP contribution in [0.3, 0.4) is 0 Å². The Morgan fingerprint density at radius 1 is 1.00 bits per heavy atom. The Bertz CT molecular complexity index is 362. The van der Waals surface area contributed by atoms with E-state index in [9.17, 15) is 4.79 Å². The molecule has 2 rings (SSSR count). The second-order valence-corrected chi connectivity index (χ2v) is 8.87. The number of thioether (sulfide) groups is 1. The molecule has 0 aromatic heterocycles. The quantitative estimate of drug-likeness (QED) is 0.826. The predicted molar refractivity (Wildman–Crippen MR) is 93.5 cm³/mol. The van der Waals surface area contributed by atoms with Crippen molar-refractivity contribution in [3.63, 3.8) is 0 Å². The zero-order valence-electron chi connectivity index (χ0n) is 14.5. The van der Waals surface area contributed by atoms with Crippen molar-refractivity contribution in [1.82, 2.24) is 10.6 Å². The number of hydrogen-bond acceptors (Lipinski definition) is 4. The average Bonchev–Trinajstić information content (AvgIpc) is 2.86. The van der Waals surface area contributed by atoms with Crippen molar-refractivity contribution in [3.8, 4) is 0 Å². The molecular weight excluding hydrogens is 296 g/mol. The summed E-state index contributed by atoms with van der Waals surface area (Å²) in [7, 11) is 0. The molecule has 0 saturated heterocycles. The van der Waals surface area contributed by atoms with Gasteiger partial charge in [-0.25, -0.2) is 4.79 Å². The van der Waals surface area contributed by atoms with Gasteiger partial charge in [0.15, 0.2) is 0 Å². The van der Waals surface area contributed by atoms with Crippen LogP contribution >= 0.6 is 11.8 Å². The first-order chi connectivity index (χ1) is 10.4. The number of carbonyl (C=O) groups excluding carboxylic acids is 1. The molecule has 128 valence electrons. The first kappa shape index (κ1) is 17.9. The second kappa shape index (κ2) is 7.91. The van der Waals surface area contributed by atoms with E-state index in [2.05, 4.69) is 16.9 Å². The van der Waals surface area contributed by atoms with Crippen LogP contribution in [0.4, 0.5) is 4.79 Å². The van der Waals surface area contributed by atoms with Gasteiger partial charge in [0.25, 0.3) is 0 Å². The molecule has 2 saturated carbocycles. The smallest absolute Gasteiger partial charge is 0.407 e. The van der Waals surface area contributed by atoms with E-state index in [-0.39, 0.29) is 12.1 Å². The standard InChI is InChI=1S/C17H32N2O2S/c1-17(2,3)21-16(20)19-13-7-5-12(6-8-13)18-14-9-10-15(11-14)22-4/h12-15,18H,5-11H2,1-4H3,(H,19,20). The number of hydrogen-bond donors (Lipinski definition) is 2. The van der Waals surface area contributed by atoms with Gasteiger partial charge in [0.05, 0.1) is 0 Å². The SMILES string of the molecule is CSC1CCC(NC2CCC(NC(=O)OC(C)(C)C)CC2)C1. The molecule has 0 aromatic carbocycles. The van der Waals surface area contributed by atoms with Crippen molar-refractivity contribution < 1.29 is 9.53 Å². The third kappa shape index (κ3) is 5.99. The second-order valence-electron chi connectivity index (χ2n) is 7.73. The van der Waals surface area contributed by atoms with Crippen LogP contribution in [0.2, 0.25) is 0 Å². The lowest BCUT2D eigenvalue weighted by Crippen LogP contribution is -2.45. The van der Waals surface area contributed by atoms with Crippen LogP contribution in [-0.2, 0) is 4.74 Å². The van der Waals surface area contributed by atoms with Gasteiger partial charge in [-0.15, -0.1) is 0 Å². The van der Waals surface area contributed by atoms with Crippen molar-refractivity contribution in [2.24, 2.45) is 0 Å². The van der Waals surface area contributed by atoms with Crippen molar-refractivity contribution in [1.29, 1.82) is 0 Å². The third-order valence-electron chi connectivity index (χ3n) is 4.64. The molecular formula is C17H32N2O2S. The van der Waals surface area contributed by atoms with Crippen LogP contribution < -0.4 is 10.6 Å². The van der Waals surface area contributed by atoms with E-state index < -0.39 is 5.60 Å². The van der Waals surface area contributed by atoms with Crippen LogP contribution in [0.1, 0.15) is 65.7 Å². The summed E-state index contributed by atoms with van der Waals surface area (Å²) >= 11 is 2.01. The van der Waals surface area contributed by atoms with Crippen LogP contribution in [0, 0.1) is 0 Å². The summed E-state index contributed by atoms with van der Waals surface area (Å²) in [5.41, 5.74) is -0.418. The highest BCUT2D eigenvalue weighted by Gasteiger charge is 2.29. The summed E-state index contributed by atoms with van der Waals surface area (Å²) < 4.78 is 5.33. The van der Waals surface area contributed by atoms with Crippen LogP contribution in [-0.4, -0.2) is 41.3 Å². The number of carbonyl (C=O) groups is 1. The first-order valence-electron chi connectivity index (χ1n) is 8.64. The van der Waals surface area contributed by atoms with Crippen LogP contribution in [0.15, 0.2) is 0 Å². The summed E-state index contributed by atoms with van der Waals surface area (Å²) in [6.45, 7) is 5.70. The minimum Gasteiger partial charge on any atom is -0.444 e. The summed E-state index contributed by atoms with van der Waals surface area (Å²) in [6, 6.07) is 1.61. The number of amides is 1. The van der Waals surface area contributed by atoms with Gasteiger partial charge < -0.3 is 15.4 Å². The van der Waals surface area contributed by atoms with Crippen molar-refractivity contribution in [3.05, 3.63) is 0 Å². The van der Waals surface area contributed by atoms with Gasteiger partial charge >= 0.3 is 6.09 Å². The molecule has 2 aliphatic carbocycles. The van der Waals surface area contributed by atoms with Gasteiger partial charge in [0, 0.05) is 23.4 Å². The molecule has 0 spiro atoms. The minimum atomic E-state index is -0.418. The highest BCUT2D eigenvalue weighted by atomic mass is 32.2. The molecule has 0 bridgehead atoms. The fourth-order valence-corrected chi connectivity index (χ4v) is 4.31. The molecule has 2 fully saturated rings. The number of nitrogens with one attached hydrogen (secondary N) is 2. The molecule has 0 radical (unpaired) electrons. The fourth-order valence-electron chi connectivity index (χ4n) is 3.52. The lowest BCUT2D eigenvalue weighted by Gasteiger charge is -2.32. The zero-order valence-corrected chi connectivity index (χ0v) is 15.3. The summed E-state index contributed by atoms with van der Waals surface area (Å²) in [5, 5.41) is 7.70. The van der Waals surface area contributed by atoms with Crippen molar-refractivity contribution >= 4 is 17.9 Å². The molecule has 0 aromatic rings. The van der Waals surface area contributed by atoms with E-state index in [1.807, 2.05) is 32.5 Å². The molecule has 2 N–H and O–H groups in total. The fraction of sp³-hybridized carbons (Fsp3) is 0.941. The maximum Gasteiger partial charge on any atom is 0.407 e. The highest BCUT2D eigenvalue weighted by Crippen LogP contribution is 2.29. The summed E-state index contributed by atoms with van der Waals surface area (Å²) in [6.07, 6.45) is 10.4. The van der Waals surface area contributed by atoms with Gasteiger partial charge in [0.2, 0.25) is 0 Å². The van der Waals surface area contributed by atoms with Crippen molar-refractivity contribution in [2.75, 3.05) is 6.26 Å². The number of rotatable bonds is 4. The van der Waals surface area contributed by atoms with Crippen LogP contribution in [0.5, 0.6) is 0 Å². The highest BCUT2D eigenvalue weighted by molar-refractivity contribution is 7.99. The zero-order chi connectivity index (χ0) is 16.2. The maximum absolute atomic E-state index is 11.8. The molecule has 2 aliphatic rings.